The molecule has 0 aromatic rings. The molecule has 1 rings (SSSR count). The lowest BCUT2D eigenvalue weighted by Gasteiger charge is -2.41. The van der Waals surface area contributed by atoms with Crippen LogP contribution in [-0.4, -0.2) is 99.6 Å². The van der Waals surface area contributed by atoms with Crippen LogP contribution in [0.25, 0.3) is 0 Å². The average molecular weight is 1130 g/mol. The molecule has 0 saturated carbocycles. The maximum absolute atomic E-state index is 13.4. The fourth-order valence-corrected chi connectivity index (χ4v) is 9.51. The van der Waals surface area contributed by atoms with Crippen molar-refractivity contribution in [3.05, 3.63) is 109 Å². The van der Waals surface area contributed by atoms with Crippen LogP contribution in [0.5, 0.6) is 0 Å². The number of unbranched alkanes of at least 4 members (excludes halogenated alkanes) is 24. The van der Waals surface area contributed by atoms with E-state index in [1.807, 2.05) is 6.08 Å². The van der Waals surface area contributed by atoms with Crippen LogP contribution in [0, 0.1) is 0 Å². The topological polar surface area (TPSA) is 175 Å². The van der Waals surface area contributed by atoms with Gasteiger partial charge < -0.3 is 45.1 Å². The molecule has 0 bridgehead atoms. The lowest BCUT2D eigenvalue weighted by atomic mass is 9.99. The quantitative estimate of drug-likeness (QED) is 0.0195. The molecule has 11 heteroatoms. The molecule has 0 aliphatic carbocycles. The molecule has 0 aromatic carbocycles. The van der Waals surface area contributed by atoms with Gasteiger partial charge in [0.15, 0.2) is 12.4 Å². The van der Waals surface area contributed by atoms with Crippen molar-refractivity contribution in [2.24, 2.45) is 0 Å². The number of rotatable bonds is 54. The smallest absolute Gasteiger partial charge is 0.306 e. The third-order valence-electron chi connectivity index (χ3n) is 14.7. The van der Waals surface area contributed by atoms with E-state index in [0.717, 1.165) is 116 Å². The normalized spacial score (nSPS) is 19.4. The van der Waals surface area contributed by atoms with Crippen LogP contribution in [0.1, 0.15) is 258 Å². The van der Waals surface area contributed by atoms with Gasteiger partial charge in [0.25, 0.3) is 0 Å². The highest BCUT2D eigenvalue weighted by Gasteiger charge is 2.47. The summed E-state index contributed by atoms with van der Waals surface area (Å²) in [6.07, 6.45) is 66.9. The Morgan fingerprint density at radius 1 is 0.494 bits per heavy atom. The maximum atomic E-state index is 13.4. The molecule has 0 aromatic heterocycles. The number of hydrogen-bond donors (Lipinski definition) is 6. The Hall–Kier alpha value is -3.68. The summed E-state index contributed by atoms with van der Waals surface area (Å²) in [5, 5.41) is 57.0. The molecule has 6 N–H and O–H groups in total. The zero-order chi connectivity index (χ0) is 58.9. The molecule has 1 heterocycles. The SMILES string of the molecule is CC/C=C\C/C=C\C/C=C\C/C=C\C/C=C\CCCCCC(=O)OC1C(OCC(NC(=O)C(O)CCCCCCCCCCC/C=C\C/C=C\C/C=C\CCCCC)C(O)/C=C/CCCCCCCCCCC)OC(CO)C(O)C1O. The molecular formula is C70H119NO10. The number of nitrogens with one attached hydrogen (secondary N) is 1. The van der Waals surface area contributed by atoms with E-state index in [4.69, 9.17) is 14.2 Å². The predicted octanol–water partition coefficient (Wildman–Crippen LogP) is 16.1. The molecule has 0 spiro atoms. The molecule has 1 saturated heterocycles. The molecule has 1 aliphatic rings. The van der Waals surface area contributed by atoms with E-state index in [-0.39, 0.29) is 19.4 Å². The molecule has 1 aliphatic heterocycles. The van der Waals surface area contributed by atoms with E-state index < -0.39 is 67.4 Å². The maximum Gasteiger partial charge on any atom is 0.306 e. The van der Waals surface area contributed by atoms with Crippen molar-refractivity contribution in [3.63, 3.8) is 0 Å². The number of aliphatic hydroxyl groups excluding tert-OH is 5. The highest BCUT2D eigenvalue weighted by atomic mass is 16.7. The van der Waals surface area contributed by atoms with E-state index in [1.165, 1.54) is 96.3 Å². The minimum absolute atomic E-state index is 0.0787. The minimum Gasteiger partial charge on any atom is -0.454 e. The number of aliphatic hydroxyl groups is 5. The molecule has 11 nitrogen and oxygen atoms in total. The van der Waals surface area contributed by atoms with Crippen molar-refractivity contribution in [3.8, 4) is 0 Å². The molecule has 1 fully saturated rings. The Morgan fingerprint density at radius 3 is 1.36 bits per heavy atom. The van der Waals surface area contributed by atoms with Gasteiger partial charge in [0.1, 0.15) is 24.4 Å². The molecular weight excluding hydrogens is 1010 g/mol. The number of carbonyl (C=O) groups is 2. The Labute approximate surface area is 494 Å². The van der Waals surface area contributed by atoms with Crippen molar-refractivity contribution in [2.45, 2.75) is 307 Å². The van der Waals surface area contributed by atoms with E-state index in [9.17, 15) is 35.1 Å². The van der Waals surface area contributed by atoms with Gasteiger partial charge in [-0.25, -0.2) is 0 Å². The van der Waals surface area contributed by atoms with Crippen molar-refractivity contribution in [1.29, 1.82) is 0 Å². The second kappa shape index (κ2) is 56.8. The lowest BCUT2D eigenvalue weighted by Crippen LogP contribution is -2.61. The number of allylic oxidation sites excluding steroid dienone is 17. The number of esters is 1. The van der Waals surface area contributed by atoms with Crippen LogP contribution in [0.4, 0.5) is 0 Å². The molecule has 81 heavy (non-hydrogen) atoms. The molecule has 0 radical (unpaired) electrons. The second-order valence-corrected chi connectivity index (χ2v) is 22.1. The van der Waals surface area contributed by atoms with Crippen molar-refractivity contribution in [2.75, 3.05) is 13.2 Å². The third kappa shape index (κ3) is 44.5. The molecule has 8 unspecified atom stereocenters. The standard InChI is InChI=1S/C70H119NO10/c1-4-7-10-13-16-19-22-24-26-28-30-31-32-34-35-37-39-42-45-48-51-54-57-63(74)69(78)71-61(62(73)56-53-50-47-44-41-21-18-15-12-9-6-3)60-79-70-68(67(77)66(76)64(59-72)80-70)81-65(75)58-55-52-49-46-43-40-38-36-33-29-27-25-23-20-17-14-11-8-5-2/h8,11,16-17,19-20,24-27,30-31,33,36,40,43,53,56,61-64,66-68,70,72-74,76-77H,4-7,9-10,12-15,18,21-23,28-29,32,34-35,37-39,41-42,44-52,54-55,57-60H2,1-3H3,(H,71,78)/b11-8-,19-16-,20-17-,26-24-,27-25-,31-30-,36-33-,43-40-,56-53+. The monoisotopic (exact) mass is 1130 g/mol. The first-order chi connectivity index (χ1) is 39.7. The number of hydrogen-bond acceptors (Lipinski definition) is 10. The van der Waals surface area contributed by atoms with Gasteiger partial charge in [-0.15, -0.1) is 0 Å². The molecule has 8 atom stereocenters. The zero-order valence-electron chi connectivity index (χ0n) is 51.4. The molecule has 464 valence electrons. The fraction of sp³-hybridized carbons (Fsp3) is 0.714. The summed E-state index contributed by atoms with van der Waals surface area (Å²) < 4.78 is 17.6. The number of ether oxygens (including phenoxy) is 3. The van der Waals surface area contributed by atoms with E-state index in [0.29, 0.717) is 12.8 Å². The van der Waals surface area contributed by atoms with Crippen molar-refractivity contribution in [1.82, 2.24) is 5.32 Å². The van der Waals surface area contributed by atoms with Gasteiger partial charge in [0.05, 0.1) is 25.4 Å². The Morgan fingerprint density at radius 2 is 0.889 bits per heavy atom. The van der Waals surface area contributed by atoms with Crippen LogP contribution in [-0.2, 0) is 23.8 Å². The summed E-state index contributed by atoms with van der Waals surface area (Å²) in [6.45, 7) is 5.62. The summed E-state index contributed by atoms with van der Waals surface area (Å²) in [6, 6.07) is -1.04. The number of amides is 1. The third-order valence-corrected chi connectivity index (χ3v) is 14.7. The van der Waals surface area contributed by atoms with Gasteiger partial charge in [-0.3, -0.25) is 9.59 Å². The van der Waals surface area contributed by atoms with Crippen LogP contribution >= 0.6 is 0 Å². The first-order valence-electron chi connectivity index (χ1n) is 32.7. The minimum atomic E-state index is -1.63. The van der Waals surface area contributed by atoms with Gasteiger partial charge in [-0.1, -0.05) is 252 Å². The van der Waals surface area contributed by atoms with Crippen LogP contribution in [0.15, 0.2) is 109 Å². The second-order valence-electron chi connectivity index (χ2n) is 22.1. The zero-order valence-corrected chi connectivity index (χ0v) is 51.4. The fourth-order valence-electron chi connectivity index (χ4n) is 9.51. The van der Waals surface area contributed by atoms with Crippen molar-refractivity contribution >= 4 is 11.9 Å². The van der Waals surface area contributed by atoms with Crippen LogP contribution in [0.3, 0.4) is 0 Å². The summed E-state index contributed by atoms with van der Waals surface area (Å²) >= 11 is 0. The van der Waals surface area contributed by atoms with Crippen LogP contribution in [0.2, 0.25) is 0 Å². The Bertz CT molecular complexity index is 1730. The van der Waals surface area contributed by atoms with Gasteiger partial charge in [0.2, 0.25) is 5.91 Å². The van der Waals surface area contributed by atoms with Gasteiger partial charge in [-0.2, -0.15) is 0 Å². The number of carbonyl (C=O) groups excluding carboxylic acids is 2. The Balaban J connectivity index is 2.65. The Kier molecular flexibility index (Phi) is 52.8. The molecule has 1 amide bonds. The first-order valence-corrected chi connectivity index (χ1v) is 32.7. The lowest BCUT2D eigenvalue weighted by molar-refractivity contribution is -0.305. The van der Waals surface area contributed by atoms with Crippen LogP contribution < -0.4 is 5.32 Å². The van der Waals surface area contributed by atoms with E-state index in [2.05, 4.69) is 123 Å². The van der Waals surface area contributed by atoms with Gasteiger partial charge in [-0.05, 0) is 109 Å². The summed E-state index contributed by atoms with van der Waals surface area (Å²) in [5.41, 5.74) is 0. The summed E-state index contributed by atoms with van der Waals surface area (Å²) in [5.74, 6) is -1.24. The highest BCUT2D eigenvalue weighted by molar-refractivity contribution is 5.80. The largest absolute Gasteiger partial charge is 0.454 e. The summed E-state index contributed by atoms with van der Waals surface area (Å²) in [4.78, 5) is 26.6. The highest BCUT2D eigenvalue weighted by Crippen LogP contribution is 2.26. The van der Waals surface area contributed by atoms with Gasteiger partial charge in [0, 0.05) is 6.42 Å². The first kappa shape index (κ1) is 75.3. The van der Waals surface area contributed by atoms with E-state index >= 15 is 0 Å². The average Bonchev–Trinajstić information content (AvgIpc) is 3.50. The predicted molar refractivity (Wildman–Crippen MR) is 338 cm³/mol. The van der Waals surface area contributed by atoms with Gasteiger partial charge >= 0.3 is 5.97 Å². The van der Waals surface area contributed by atoms with Crippen molar-refractivity contribution < 1.29 is 49.3 Å². The van der Waals surface area contributed by atoms with E-state index in [1.54, 1.807) is 6.08 Å². The summed E-state index contributed by atoms with van der Waals surface area (Å²) in [7, 11) is 0.